The zero-order chi connectivity index (χ0) is 11.3. The van der Waals surface area contributed by atoms with E-state index in [0.29, 0.717) is 23.8 Å². The Morgan fingerprint density at radius 1 is 1.33 bits per heavy atom. The molecule has 15 heavy (non-hydrogen) atoms. The molecule has 0 heterocycles. The summed E-state index contributed by atoms with van der Waals surface area (Å²) >= 11 is 5.92. The molecule has 1 rings (SSSR count). The predicted molar refractivity (Wildman–Crippen MR) is 58.5 cm³/mol. The predicted octanol–water partition coefficient (Wildman–Crippen LogP) is 2.24. The minimum atomic E-state index is 0.292. The van der Waals surface area contributed by atoms with Gasteiger partial charge in [-0.15, -0.1) is 0 Å². The highest BCUT2D eigenvalue weighted by Crippen LogP contribution is 2.28. The van der Waals surface area contributed by atoms with E-state index in [1.165, 1.54) is 0 Å². The Labute approximate surface area is 93.9 Å². The first-order valence-electron chi connectivity index (χ1n) is 4.50. The van der Waals surface area contributed by atoms with Crippen LogP contribution in [0, 0.1) is 0 Å². The topological polar surface area (TPSA) is 35.5 Å². The fourth-order valence-electron chi connectivity index (χ4n) is 1.48. The summed E-state index contributed by atoms with van der Waals surface area (Å²) in [7, 11) is 3.16. The van der Waals surface area contributed by atoms with Crippen LogP contribution >= 0.6 is 11.6 Å². The maximum Gasteiger partial charge on any atom is 0.128 e. The van der Waals surface area contributed by atoms with Gasteiger partial charge >= 0.3 is 0 Å². The molecule has 0 fully saturated rings. The molecule has 0 saturated carbocycles. The van der Waals surface area contributed by atoms with Gasteiger partial charge in [-0.05, 0) is 12.1 Å². The molecule has 1 aromatic carbocycles. The monoisotopic (exact) mass is 228 g/mol. The summed E-state index contributed by atoms with van der Waals surface area (Å²) in [5.41, 5.74) is 1.64. The average Bonchev–Trinajstić information content (AvgIpc) is 2.18. The zero-order valence-corrected chi connectivity index (χ0v) is 9.50. The van der Waals surface area contributed by atoms with Crippen LogP contribution in [0.4, 0.5) is 0 Å². The lowest BCUT2D eigenvalue weighted by Crippen LogP contribution is -1.99. The minimum absolute atomic E-state index is 0.292. The number of hydrogen-bond donors (Lipinski definition) is 0. The molecule has 0 aliphatic heterocycles. The van der Waals surface area contributed by atoms with E-state index in [0.717, 1.165) is 17.4 Å². The van der Waals surface area contributed by atoms with E-state index < -0.39 is 0 Å². The third-order valence-corrected chi connectivity index (χ3v) is 2.23. The van der Waals surface area contributed by atoms with Gasteiger partial charge in [-0.25, -0.2) is 0 Å². The summed E-state index contributed by atoms with van der Waals surface area (Å²) in [5.74, 6) is 0.674. The summed E-state index contributed by atoms with van der Waals surface area (Å²) in [5, 5.41) is 0.583. The third kappa shape index (κ3) is 2.94. The highest BCUT2D eigenvalue weighted by atomic mass is 35.5. The Morgan fingerprint density at radius 2 is 2.00 bits per heavy atom. The first kappa shape index (κ1) is 12.0. The first-order chi connectivity index (χ1) is 7.22. The molecule has 0 aromatic heterocycles. The van der Waals surface area contributed by atoms with Crippen molar-refractivity contribution >= 4 is 17.9 Å². The number of carbonyl (C=O) groups is 1. The van der Waals surface area contributed by atoms with Crippen LogP contribution in [0.25, 0.3) is 0 Å². The van der Waals surface area contributed by atoms with E-state index in [1.54, 1.807) is 26.4 Å². The maximum absolute atomic E-state index is 10.5. The number of rotatable bonds is 5. The molecule has 82 valence electrons. The standard InChI is InChI=1S/C11H13ClO3/c1-14-7-9-6-10(12)5-8(3-4-13)11(9)15-2/h4-6H,3,7H2,1-2H3. The largest absolute Gasteiger partial charge is 0.496 e. The summed E-state index contributed by atoms with van der Waals surface area (Å²) < 4.78 is 10.3. The summed E-state index contributed by atoms with van der Waals surface area (Å²) in [4.78, 5) is 10.5. The Morgan fingerprint density at radius 3 is 2.53 bits per heavy atom. The number of methoxy groups -OCH3 is 2. The van der Waals surface area contributed by atoms with Crippen molar-refractivity contribution in [3.8, 4) is 5.75 Å². The van der Waals surface area contributed by atoms with E-state index in [1.807, 2.05) is 0 Å². The smallest absolute Gasteiger partial charge is 0.128 e. The molecule has 0 N–H and O–H groups in total. The number of hydrogen-bond acceptors (Lipinski definition) is 3. The van der Waals surface area contributed by atoms with Crippen LogP contribution in [0.1, 0.15) is 11.1 Å². The summed E-state index contributed by atoms with van der Waals surface area (Å²) in [6.45, 7) is 0.412. The number of carbonyl (C=O) groups excluding carboxylic acids is 1. The molecule has 3 nitrogen and oxygen atoms in total. The fraction of sp³-hybridized carbons (Fsp3) is 0.364. The fourth-order valence-corrected chi connectivity index (χ4v) is 1.74. The van der Waals surface area contributed by atoms with Gasteiger partial charge in [0.1, 0.15) is 12.0 Å². The van der Waals surface area contributed by atoms with E-state index >= 15 is 0 Å². The van der Waals surface area contributed by atoms with Crippen LogP contribution in [0.5, 0.6) is 5.75 Å². The second-order valence-electron chi connectivity index (χ2n) is 3.06. The number of ether oxygens (including phenoxy) is 2. The highest BCUT2D eigenvalue weighted by molar-refractivity contribution is 6.30. The van der Waals surface area contributed by atoms with Crippen LogP contribution in [0.3, 0.4) is 0 Å². The molecular weight excluding hydrogens is 216 g/mol. The van der Waals surface area contributed by atoms with Crippen molar-refractivity contribution < 1.29 is 14.3 Å². The Hall–Kier alpha value is -1.06. The van der Waals surface area contributed by atoms with Gasteiger partial charge < -0.3 is 14.3 Å². The van der Waals surface area contributed by atoms with Gasteiger partial charge in [-0.3, -0.25) is 0 Å². The van der Waals surface area contributed by atoms with Crippen molar-refractivity contribution in [2.45, 2.75) is 13.0 Å². The van der Waals surface area contributed by atoms with E-state index in [-0.39, 0.29) is 0 Å². The normalized spacial score (nSPS) is 10.1. The molecule has 0 saturated heterocycles. The van der Waals surface area contributed by atoms with Crippen LogP contribution in [-0.4, -0.2) is 20.5 Å². The van der Waals surface area contributed by atoms with Crippen molar-refractivity contribution in [2.75, 3.05) is 14.2 Å². The lowest BCUT2D eigenvalue weighted by atomic mass is 10.1. The van der Waals surface area contributed by atoms with Gasteiger partial charge in [0, 0.05) is 29.7 Å². The molecule has 0 spiro atoms. The molecule has 0 bridgehead atoms. The van der Waals surface area contributed by atoms with Crippen LogP contribution in [-0.2, 0) is 22.6 Å². The maximum atomic E-state index is 10.5. The van der Waals surface area contributed by atoms with E-state index in [2.05, 4.69) is 0 Å². The quantitative estimate of drug-likeness (QED) is 0.725. The molecule has 0 aliphatic rings. The summed E-state index contributed by atoms with van der Waals surface area (Å²) in [6.07, 6.45) is 1.12. The molecule has 0 amide bonds. The molecule has 4 heteroatoms. The van der Waals surface area contributed by atoms with Crippen molar-refractivity contribution in [3.63, 3.8) is 0 Å². The first-order valence-corrected chi connectivity index (χ1v) is 4.88. The highest BCUT2D eigenvalue weighted by Gasteiger charge is 2.10. The van der Waals surface area contributed by atoms with E-state index in [9.17, 15) is 4.79 Å². The minimum Gasteiger partial charge on any atom is -0.496 e. The SMILES string of the molecule is COCc1cc(Cl)cc(CC=O)c1OC. The lowest BCUT2D eigenvalue weighted by Gasteiger charge is -2.12. The second kappa shape index (κ2) is 5.73. The van der Waals surface area contributed by atoms with Gasteiger partial charge in [0.2, 0.25) is 0 Å². The van der Waals surface area contributed by atoms with Gasteiger partial charge in [0.25, 0.3) is 0 Å². The Bertz CT molecular complexity index is 350. The molecule has 0 unspecified atom stereocenters. The van der Waals surface area contributed by atoms with E-state index in [4.69, 9.17) is 21.1 Å². The number of benzene rings is 1. The van der Waals surface area contributed by atoms with Crippen molar-refractivity contribution in [3.05, 3.63) is 28.3 Å². The molecule has 0 radical (unpaired) electrons. The van der Waals surface area contributed by atoms with Gasteiger partial charge in [-0.1, -0.05) is 11.6 Å². The summed E-state index contributed by atoms with van der Waals surface area (Å²) in [6, 6.07) is 3.51. The Kier molecular flexibility index (Phi) is 4.59. The van der Waals surface area contributed by atoms with Gasteiger partial charge in [-0.2, -0.15) is 0 Å². The molecule has 0 aliphatic carbocycles. The molecular formula is C11H13ClO3. The number of aldehydes is 1. The number of halogens is 1. The van der Waals surface area contributed by atoms with Crippen molar-refractivity contribution in [1.29, 1.82) is 0 Å². The van der Waals surface area contributed by atoms with Crippen molar-refractivity contribution in [1.82, 2.24) is 0 Å². The third-order valence-electron chi connectivity index (χ3n) is 2.01. The van der Waals surface area contributed by atoms with Crippen LogP contribution in [0.2, 0.25) is 5.02 Å². The molecule has 1 aromatic rings. The average molecular weight is 229 g/mol. The van der Waals surface area contributed by atoms with Crippen LogP contribution < -0.4 is 4.74 Å². The van der Waals surface area contributed by atoms with Crippen LogP contribution in [0.15, 0.2) is 12.1 Å². The zero-order valence-electron chi connectivity index (χ0n) is 8.75. The van der Waals surface area contributed by atoms with Crippen molar-refractivity contribution in [2.24, 2.45) is 0 Å². The second-order valence-corrected chi connectivity index (χ2v) is 3.50. The van der Waals surface area contributed by atoms with Gasteiger partial charge in [0.05, 0.1) is 13.7 Å². The van der Waals surface area contributed by atoms with Gasteiger partial charge in [0.15, 0.2) is 0 Å². The molecule has 0 atom stereocenters. The lowest BCUT2D eigenvalue weighted by molar-refractivity contribution is -0.107. The Balaban J connectivity index is 3.18.